The largest absolute Gasteiger partial charge is 0.497 e. The van der Waals surface area contributed by atoms with Crippen LogP contribution < -0.4 is 14.8 Å². The Balaban J connectivity index is 1.71. The number of hydrogen-bond donors (Lipinski definition) is 1. The van der Waals surface area contributed by atoms with Crippen LogP contribution in [0.3, 0.4) is 0 Å². The number of methoxy groups -OCH3 is 1. The SMILES string of the molecule is COc1cccc(OC(C)c2nnc(SC(C)C(=O)Nc3ccc([N+](=O)[O-])cc3)n2C(C)C)c1. The molecule has 0 aliphatic heterocycles. The Morgan fingerprint density at radius 1 is 1.09 bits per heavy atom. The third-order valence-electron chi connectivity index (χ3n) is 4.92. The predicted octanol–water partition coefficient (Wildman–Crippen LogP) is 5.04. The van der Waals surface area contributed by atoms with Crippen molar-refractivity contribution in [1.82, 2.24) is 14.8 Å². The molecular formula is C23H27N5O5S. The number of anilines is 1. The van der Waals surface area contributed by atoms with Crippen LogP contribution in [-0.2, 0) is 4.79 Å². The number of rotatable bonds is 10. The number of nitrogens with zero attached hydrogens (tertiary/aromatic N) is 4. The molecule has 0 aliphatic rings. The molecule has 2 atom stereocenters. The monoisotopic (exact) mass is 485 g/mol. The van der Waals surface area contributed by atoms with Crippen molar-refractivity contribution < 1.29 is 19.2 Å². The molecule has 1 aromatic heterocycles. The molecule has 3 rings (SSSR count). The molecule has 0 saturated carbocycles. The summed E-state index contributed by atoms with van der Waals surface area (Å²) in [6.07, 6.45) is -0.388. The van der Waals surface area contributed by atoms with Gasteiger partial charge in [0.05, 0.1) is 17.3 Å². The summed E-state index contributed by atoms with van der Waals surface area (Å²) in [7, 11) is 1.60. The second-order valence-corrected chi connectivity index (χ2v) is 9.10. The molecule has 10 nitrogen and oxygen atoms in total. The first-order valence-corrected chi connectivity index (χ1v) is 11.5. The van der Waals surface area contributed by atoms with Crippen LogP contribution in [0.5, 0.6) is 11.5 Å². The van der Waals surface area contributed by atoms with Gasteiger partial charge in [-0.15, -0.1) is 10.2 Å². The smallest absolute Gasteiger partial charge is 0.269 e. The fourth-order valence-corrected chi connectivity index (χ4v) is 4.17. The number of hydrogen-bond acceptors (Lipinski definition) is 8. The molecule has 0 radical (unpaired) electrons. The Kier molecular flexibility index (Phi) is 8.11. The van der Waals surface area contributed by atoms with Gasteiger partial charge in [0.2, 0.25) is 5.91 Å². The molecule has 1 heterocycles. The van der Waals surface area contributed by atoms with E-state index in [0.717, 1.165) is 0 Å². The summed E-state index contributed by atoms with van der Waals surface area (Å²) in [5.41, 5.74) is 0.442. The minimum Gasteiger partial charge on any atom is -0.497 e. The molecule has 34 heavy (non-hydrogen) atoms. The lowest BCUT2D eigenvalue weighted by atomic mass is 10.3. The highest BCUT2D eigenvalue weighted by Gasteiger charge is 2.25. The maximum Gasteiger partial charge on any atom is 0.269 e. The first-order chi connectivity index (χ1) is 16.2. The average molecular weight is 486 g/mol. The molecule has 0 bridgehead atoms. The Bertz CT molecular complexity index is 1150. The lowest BCUT2D eigenvalue weighted by Crippen LogP contribution is -2.23. The van der Waals surface area contributed by atoms with Gasteiger partial charge in [0, 0.05) is 29.9 Å². The van der Waals surface area contributed by atoms with Crippen molar-refractivity contribution in [3.63, 3.8) is 0 Å². The number of benzene rings is 2. The van der Waals surface area contributed by atoms with Crippen LogP contribution in [0.15, 0.2) is 53.7 Å². The molecule has 0 spiro atoms. The molecule has 3 aromatic rings. The van der Waals surface area contributed by atoms with Gasteiger partial charge in [-0.3, -0.25) is 14.9 Å². The Labute approximate surface area is 201 Å². The van der Waals surface area contributed by atoms with Gasteiger partial charge in [0.25, 0.3) is 5.69 Å². The van der Waals surface area contributed by atoms with Gasteiger partial charge in [-0.25, -0.2) is 0 Å². The average Bonchev–Trinajstić information content (AvgIpc) is 3.23. The number of thioether (sulfide) groups is 1. The van der Waals surface area contributed by atoms with Crippen molar-refractivity contribution >= 4 is 29.0 Å². The van der Waals surface area contributed by atoms with Crippen LogP contribution >= 0.6 is 11.8 Å². The fraction of sp³-hybridized carbons (Fsp3) is 0.348. The van der Waals surface area contributed by atoms with Gasteiger partial charge in [0.1, 0.15) is 11.5 Å². The van der Waals surface area contributed by atoms with Gasteiger partial charge < -0.3 is 19.4 Å². The van der Waals surface area contributed by atoms with Crippen molar-refractivity contribution in [3.8, 4) is 11.5 Å². The highest BCUT2D eigenvalue weighted by atomic mass is 32.2. The highest BCUT2D eigenvalue weighted by Crippen LogP contribution is 2.31. The van der Waals surface area contributed by atoms with Gasteiger partial charge in [0.15, 0.2) is 17.1 Å². The van der Waals surface area contributed by atoms with E-state index in [1.54, 1.807) is 20.1 Å². The number of ether oxygens (including phenoxy) is 2. The predicted molar refractivity (Wildman–Crippen MR) is 129 cm³/mol. The van der Waals surface area contributed by atoms with E-state index in [4.69, 9.17) is 9.47 Å². The quantitative estimate of drug-likeness (QED) is 0.241. The maximum absolute atomic E-state index is 12.7. The number of carbonyl (C=O) groups is 1. The van der Waals surface area contributed by atoms with Crippen LogP contribution in [0.2, 0.25) is 0 Å². The third kappa shape index (κ3) is 6.04. The second kappa shape index (κ2) is 11.0. The number of nitrogens with one attached hydrogen (secondary N) is 1. The zero-order valence-corrected chi connectivity index (χ0v) is 20.4. The molecule has 0 fully saturated rings. The minimum absolute atomic E-state index is 0.0359. The van der Waals surface area contributed by atoms with E-state index in [1.807, 2.05) is 43.5 Å². The van der Waals surface area contributed by atoms with Crippen LogP contribution in [0.4, 0.5) is 11.4 Å². The molecule has 11 heteroatoms. The second-order valence-electron chi connectivity index (χ2n) is 7.80. The van der Waals surface area contributed by atoms with E-state index in [2.05, 4.69) is 15.5 Å². The molecule has 2 aromatic carbocycles. The number of nitro benzene ring substituents is 1. The van der Waals surface area contributed by atoms with Crippen molar-refractivity contribution in [2.24, 2.45) is 0 Å². The zero-order chi connectivity index (χ0) is 24.8. The standard InChI is InChI=1S/C23H27N5O5S/c1-14(2)27-21(15(3)33-20-8-6-7-19(13-20)32-5)25-26-23(27)34-16(4)22(29)24-17-9-11-18(12-10-17)28(30)31/h6-16H,1-5H3,(H,24,29). The summed E-state index contributed by atoms with van der Waals surface area (Å²) in [6.45, 7) is 7.68. The van der Waals surface area contributed by atoms with Gasteiger partial charge in [-0.05, 0) is 52.0 Å². The normalized spacial score (nSPS) is 12.8. The van der Waals surface area contributed by atoms with E-state index in [0.29, 0.717) is 28.2 Å². The van der Waals surface area contributed by atoms with E-state index in [1.165, 1.54) is 36.0 Å². The molecular weight excluding hydrogens is 458 g/mol. The van der Waals surface area contributed by atoms with Crippen molar-refractivity contribution in [2.45, 2.75) is 50.2 Å². The number of nitro groups is 1. The van der Waals surface area contributed by atoms with Gasteiger partial charge in [-0.1, -0.05) is 17.8 Å². The zero-order valence-electron chi connectivity index (χ0n) is 19.6. The molecule has 2 unspecified atom stereocenters. The van der Waals surface area contributed by atoms with Gasteiger partial charge >= 0.3 is 0 Å². The highest BCUT2D eigenvalue weighted by molar-refractivity contribution is 8.00. The summed E-state index contributed by atoms with van der Waals surface area (Å²) >= 11 is 1.28. The summed E-state index contributed by atoms with van der Waals surface area (Å²) in [4.78, 5) is 23.0. The summed E-state index contributed by atoms with van der Waals surface area (Å²) in [5, 5.41) is 22.3. The van der Waals surface area contributed by atoms with Crippen LogP contribution in [0.25, 0.3) is 0 Å². The molecule has 0 aliphatic carbocycles. The first-order valence-electron chi connectivity index (χ1n) is 10.7. The van der Waals surface area contributed by atoms with Gasteiger partial charge in [-0.2, -0.15) is 0 Å². The third-order valence-corrected chi connectivity index (χ3v) is 5.98. The molecule has 1 amide bonds. The molecule has 1 N–H and O–H groups in total. The summed E-state index contributed by atoms with van der Waals surface area (Å²) < 4.78 is 13.3. The van der Waals surface area contributed by atoms with Crippen LogP contribution in [0.1, 0.15) is 45.7 Å². The molecule has 0 saturated heterocycles. The Morgan fingerprint density at radius 2 is 1.76 bits per heavy atom. The van der Waals surface area contributed by atoms with E-state index in [-0.39, 0.29) is 23.7 Å². The van der Waals surface area contributed by atoms with Crippen molar-refractivity contribution in [1.29, 1.82) is 0 Å². The Hall–Kier alpha value is -3.60. The Morgan fingerprint density at radius 3 is 2.38 bits per heavy atom. The van der Waals surface area contributed by atoms with Crippen molar-refractivity contribution in [3.05, 3.63) is 64.5 Å². The van der Waals surface area contributed by atoms with E-state index in [9.17, 15) is 14.9 Å². The summed E-state index contributed by atoms with van der Waals surface area (Å²) in [6, 6.07) is 13.1. The minimum atomic E-state index is -0.487. The van der Waals surface area contributed by atoms with Crippen LogP contribution in [0, 0.1) is 10.1 Å². The first kappa shape index (κ1) is 25.0. The van der Waals surface area contributed by atoms with Crippen LogP contribution in [-0.4, -0.2) is 38.0 Å². The number of amides is 1. The van der Waals surface area contributed by atoms with E-state index < -0.39 is 10.2 Å². The van der Waals surface area contributed by atoms with E-state index >= 15 is 0 Å². The lowest BCUT2D eigenvalue weighted by Gasteiger charge is -2.20. The number of carbonyl (C=O) groups excluding carboxylic acids is 1. The fourth-order valence-electron chi connectivity index (χ4n) is 3.18. The molecule has 180 valence electrons. The maximum atomic E-state index is 12.7. The number of non-ortho nitro benzene ring substituents is 1. The number of aromatic nitrogens is 3. The van der Waals surface area contributed by atoms with Crippen molar-refractivity contribution in [2.75, 3.05) is 12.4 Å². The summed E-state index contributed by atoms with van der Waals surface area (Å²) in [5.74, 6) is 1.73. The lowest BCUT2D eigenvalue weighted by molar-refractivity contribution is -0.384. The topological polar surface area (TPSA) is 121 Å².